The second kappa shape index (κ2) is 11.0. The van der Waals surface area contributed by atoms with Gasteiger partial charge in [-0.3, -0.25) is 14.5 Å². The molecule has 0 aromatic heterocycles. The molecule has 3 aromatic carbocycles. The van der Waals surface area contributed by atoms with Crippen molar-refractivity contribution in [1.29, 1.82) is 0 Å². The van der Waals surface area contributed by atoms with Crippen LogP contribution < -0.4 is 14.4 Å². The predicted molar refractivity (Wildman–Crippen MR) is 138 cm³/mol. The summed E-state index contributed by atoms with van der Waals surface area (Å²) in [6, 6.07) is 18.8. The Labute approximate surface area is 214 Å². The van der Waals surface area contributed by atoms with Gasteiger partial charge in [0.15, 0.2) is 0 Å². The number of rotatable bonds is 8. The number of Topliss-reactive ketones (excluding diaryl/α,β-unsaturated/α-hetero) is 1. The van der Waals surface area contributed by atoms with Gasteiger partial charge in [0.2, 0.25) is 0 Å². The van der Waals surface area contributed by atoms with Crippen LogP contribution >= 0.6 is 0 Å². The quantitative estimate of drug-likeness (QED) is 0.203. The molecule has 1 atom stereocenters. The third-order valence-electron chi connectivity index (χ3n) is 6.04. The van der Waals surface area contributed by atoms with Crippen LogP contribution in [0.15, 0.2) is 78.4 Å². The molecule has 3 aromatic rings. The molecule has 37 heavy (non-hydrogen) atoms. The molecule has 1 aliphatic heterocycles. The first kappa shape index (κ1) is 25.5. The van der Waals surface area contributed by atoms with E-state index >= 15 is 0 Å². The molecule has 1 aliphatic rings. The highest BCUT2D eigenvalue weighted by atomic mass is 16.5. The lowest BCUT2D eigenvalue weighted by Crippen LogP contribution is -2.29. The average Bonchev–Trinajstić information content (AvgIpc) is 3.21. The van der Waals surface area contributed by atoms with Crippen molar-refractivity contribution < 1.29 is 33.7 Å². The number of aliphatic hydroxyl groups excluding tert-OH is 1. The number of carbonyl (C=O) groups is 3. The Morgan fingerprint density at radius 2 is 1.46 bits per heavy atom. The lowest BCUT2D eigenvalue weighted by molar-refractivity contribution is -0.132. The molecule has 1 saturated heterocycles. The van der Waals surface area contributed by atoms with E-state index in [0.717, 1.165) is 6.42 Å². The molecular weight excluding hydrogens is 474 g/mol. The van der Waals surface area contributed by atoms with Crippen LogP contribution in [0, 0.1) is 0 Å². The molecule has 1 amide bonds. The lowest BCUT2D eigenvalue weighted by atomic mass is 9.95. The summed E-state index contributed by atoms with van der Waals surface area (Å²) in [7, 11) is 2.82. The summed E-state index contributed by atoms with van der Waals surface area (Å²) in [5.41, 5.74) is 1.62. The van der Waals surface area contributed by atoms with Crippen LogP contribution in [0.25, 0.3) is 5.76 Å². The zero-order chi connectivity index (χ0) is 26.5. The first-order chi connectivity index (χ1) is 17.9. The summed E-state index contributed by atoms with van der Waals surface area (Å²) in [6.07, 6.45) is 0.855. The molecule has 190 valence electrons. The Hall–Kier alpha value is -4.59. The number of anilines is 1. The maximum atomic E-state index is 13.3. The summed E-state index contributed by atoms with van der Waals surface area (Å²) in [5, 5.41) is 11.3. The van der Waals surface area contributed by atoms with E-state index in [-0.39, 0.29) is 11.3 Å². The van der Waals surface area contributed by atoms with Crippen molar-refractivity contribution >= 4 is 29.1 Å². The third kappa shape index (κ3) is 5.04. The number of aliphatic hydroxyl groups is 1. The van der Waals surface area contributed by atoms with Crippen molar-refractivity contribution in [2.75, 3.05) is 25.7 Å². The van der Waals surface area contributed by atoms with Gasteiger partial charge in [0.1, 0.15) is 17.3 Å². The van der Waals surface area contributed by atoms with Gasteiger partial charge in [-0.15, -0.1) is 0 Å². The van der Waals surface area contributed by atoms with E-state index in [0.29, 0.717) is 40.5 Å². The Morgan fingerprint density at radius 1 is 0.865 bits per heavy atom. The van der Waals surface area contributed by atoms with E-state index in [1.54, 1.807) is 60.7 Å². The zero-order valence-electron chi connectivity index (χ0n) is 20.8. The highest BCUT2D eigenvalue weighted by molar-refractivity contribution is 6.51. The van der Waals surface area contributed by atoms with Crippen LogP contribution in [0.3, 0.4) is 0 Å². The fourth-order valence-corrected chi connectivity index (χ4v) is 4.16. The highest BCUT2D eigenvalue weighted by Gasteiger charge is 2.47. The molecule has 1 unspecified atom stereocenters. The number of ketones is 1. The molecule has 1 fully saturated rings. The number of hydrogen-bond donors (Lipinski definition) is 1. The number of esters is 1. The number of carbonyl (C=O) groups excluding carboxylic acids is 3. The molecule has 0 bridgehead atoms. The van der Waals surface area contributed by atoms with Gasteiger partial charge >= 0.3 is 5.97 Å². The second-order valence-electron chi connectivity index (χ2n) is 8.35. The lowest BCUT2D eigenvalue weighted by Gasteiger charge is -2.25. The smallest absolute Gasteiger partial charge is 0.337 e. The summed E-state index contributed by atoms with van der Waals surface area (Å²) in [4.78, 5) is 39.8. The molecule has 0 saturated carbocycles. The van der Waals surface area contributed by atoms with Gasteiger partial charge < -0.3 is 19.3 Å². The zero-order valence-corrected chi connectivity index (χ0v) is 20.8. The van der Waals surface area contributed by atoms with Crippen LogP contribution in [0.5, 0.6) is 11.5 Å². The number of nitrogens with zero attached hydrogens (tertiary/aromatic N) is 1. The van der Waals surface area contributed by atoms with Crippen molar-refractivity contribution in [1.82, 2.24) is 0 Å². The van der Waals surface area contributed by atoms with E-state index in [9.17, 15) is 19.5 Å². The van der Waals surface area contributed by atoms with Gasteiger partial charge in [0.25, 0.3) is 11.7 Å². The van der Waals surface area contributed by atoms with Crippen molar-refractivity contribution in [3.8, 4) is 11.5 Å². The van der Waals surface area contributed by atoms with E-state index < -0.39 is 23.7 Å². The molecule has 0 radical (unpaired) electrons. The van der Waals surface area contributed by atoms with Crippen LogP contribution in [0.1, 0.15) is 40.9 Å². The molecule has 4 rings (SSSR count). The molecule has 1 N–H and O–H groups in total. The summed E-state index contributed by atoms with van der Waals surface area (Å²) in [6.45, 7) is 2.56. The van der Waals surface area contributed by atoms with Crippen LogP contribution in [-0.2, 0) is 14.3 Å². The fraction of sp³-hybridized carbons (Fsp3) is 0.207. The Balaban J connectivity index is 1.82. The Morgan fingerprint density at radius 3 is 2.03 bits per heavy atom. The molecule has 0 aliphatic carbocycles. The largest absolute Gasteiger partial charge is 0.507 e. The van der Waals surface area contributed by atoms with E-state index in [4.69, 9.17) is 14.2 Å². The minimum Gasteiger partial charge on any atom is -0.507 e. The van der Waals surface area contributed by atoms with E-state index in [1.165, 1.54) is 31.3 Å². The third-order valence-corrected chi connectivity index (χ3v) is 6.04. The highest BCUT2D eigenvalue weighted by Crippen LogP contribution is 2.42. The number of benzene rings is 3. The summed E-state index contributed by atoms with van der Waals surface area (Å²) >= 11 is 0. The van der Waals surface area contributed by atoms with E-state index in [1.807, 2.05) is 6.92 Å². The Bertz CT molecular complexity index is 1330. The van der Waals surface area contributed by atoms with Gasteiger partial charge in [-0.2, -0.15) is 0 Å². The van der Waals surface area contributed by atoms with Crippen LogP contribution in [-0.4, -0.2) is 43.6 Å². The van der Waals surface area contributed by atoms with Gasteiger partial charge in [-0.25, -0.2) is 4.79 Å². The number of hydrogen-bond acceptors (Lipinski definition) is 7. The number of amides is 1. The normalized spacial score (nSPS) is 16.5. The first-order valence-electron chi connectivity index (χ1n) is 11.8. The van der Waals surface area contributed by atoms with Crippen molar-refractivity contribution in [2.45, 2.75) is 19.4 Å². The second-order valence-corrected chi connectivity index (χ2v) is 8.35. The van der Waals surface area contributed by atoms with Crippen molar-refractivity contribution in [3.05, 3.63) is 95.1 Å². The van der Waals surface area contributed by atoms with Gasteiger partial charge in [0, 0.05) is 11.3 Å². The maximum absolute atomic E-state index is 13.3. The topological polar surface area (TPSA) is 102 Å². The van der Waals surface area contributed by atoms with Crippen molar-refractivity contribution in [3.63, 3.8) is 0 Å². The number of ether oxygens (including phenoxy) is 3. The van der Waals surface area contributed by atoms with Crippen LogP contribution in [0.4, 0.5) is 5.69 Å². The molecular formula is C29H27NO7. The minimum absolute atomic E-state index is 0.0468. The molecule has 0 spiro atoms. The van der Waals surface area contributed by atoms with Gasteiger partial charge in [-0.1, -0.05) is 19.1 Å². The fourth-order valence-electron chi connectivity index (χ4n) is 4.16. The van der Waals surface area contributed by atoms with Crippen LogP contribution in [0.2, 0.25) is 0 Å². The first-order valence-corrected chi connectivity index (χ1v) is 11.8. The predicted octanol–water partition coefficient (Wildman–Crippen LogP) is 4.90. The van der Waals surface area contributed by atoms with Gasteiger partial charge in [-0.05, 0) is 72.6 Å². The maximum Gasteiger partial charge on any atom is 0.337 e. The molecule has 8 heteroatoms. The summed E-state index contributed by atoms with van der Waals surface area (Å²) in [5.74, 6) is -1.19. The minimum atomic E-state index is -0.911. The van der Waals surface area contributed by atoms with Crippen molar-refractivity contribution in [2.24, 2.45) is 0 Å². The molecule has 1 heterocycles. The molecule has 8 nitrogen and oxygen atoms in total. The monoisotopic (exact) mass is 501 g/mol. The average molecular weight is 502 g/mol. The van der Waals surface area contributed by atoms with E-state index in [2.05, 4.69) is 0 Å². The summed E-state index contributed by atoms with van der Waals surface area (Å²) < 4.78 is 15.6. The number of methoxy groups -OCH3 is 2. The SMILES string of the molecule is CCCOc1ccc(/C(O)=C2\C(=O)C(=O)N(c3ccc(C(=O)OC)cc3)C2c2ccc(OC)cc2)cc1. The standard InChI is InChI=1S/C29H27NO7/c1-4-17-37-23-15-9-19(10-16-23)26(31)24-25(18-7-13-22(35-2)14-8-18)30(28(33)27(24)32)21-11-5-20(6-12-21)29(34)36-3/h5-16,25,31H,4,17H2,1-3H3/b26-24+. The van der Waals surface area contributed by atoms with Gasteiger partial charge in [0.05, 0.1) is 38.0 Å². The Kier molecular flexibility index (Phi) is 7.57.